The molecule has 154 valence electrons. The van der Waals surface area contributed by atoms with E-state index in [1.165, 1.54) is 0 Å². The summed E-state index contributed by atoms with van der Waals surface area (Å²) in [5, 5.41) is 10.7. The molecule has 0 aromatic carbocycles. The summed E-state index contributed by atoms with van der Waals surface area (Å²) < 4.78 is 1.69. The van der Waals surface area contributed by atoms with Gasteiger partial charge < -0.3 is 15.5 Å². The van der Waals surface area contributed by atoms with Crippen LogP contribution in [0.3, 0.4) is 0 Å². The minimum Gasteiger partial charge on any atom is -0.348 e. The summed E-state index contributed by atoms with van der Waals surface area (Å²) in [7, 11) is 0. The van der Waals surface area contributed by atoms with Crippen LogP contribution < -0.4 is 10.6 Å². The molecule has 0 bridgehead atoms. The smallest absolute Gasteiger partial charge is 0.317 e. The van der Waals surface area contributed by atoms with Crippen molar-refractivity contribution in [2.45, 2.75) is 57.7 Å². The minimum absolute atomic E-state index is 0.0608. The number of carbonyl (C=O) groups is 2. The predicted molar refractivity (Wildman–Crippen MR) is 107 cm³/mol. The first-order chi connectivity index (χ1) is 13.7. The number of hydrogen-bond donors (Lipinski definition) is 2. The zero-order valence-electron chi connectivity index (χ0n) is 17.1. The second-order valence-corrected chi connectivity index (χ2v) is 8.92. The molecular weight excluding hydrogens is 370 g/mol. The first kappa shape index (κ1) is 19.4. The number of amides is 3. The molecule has 4 rings (SSSR count). The number of likely N-dealkylation sites (tertiary alicyclic amines) is 1. The maximum absolute atomic E-state index is 12.6. The van der Waals surface area contributed by atoms with E-state index in [0.717, 1.165) is 11.4 Å². The number of nitrogens with zero attached hydrogens (tertiary/aromatic N) is 5. The number of urea groups is 1. The Morgan fingerprint density at radius 1 is 1.28 bits per heavy atom. The highest BCUT2D eigenvalue weighted by atomic mass is 16.2. The molecule has 2 N–H and O–H groups in total. The minimum atomic E-state index is -0.400. The Morgan fingerprint density at radius 3 is 2.69 bits per heavy atom. The van der Waals surface area contributed by atoms with Gasteiger partial charge in [-0.3, -0.25) is 9.78 Å². The fourth-order valence-corrected chi connectivity index (χ4v) is 3.91. The first-order valence-corrected chi connectivity index (χ1v) is 9.95. The molecule has 1 spiro atoms. The lowest BCUT2D eigenvalue weighted by molar-refractivity contribution is -0.123. The second kappa shape index (κ2) is 7.13. The van der Waals surface area contributed by atoms with Crippen LogP contribution in [-0.2, 0) is 17.8 Å². The Balaban J connectivity index is 1.51. The van der Waals surface area contributed by atoms with Gasteiger partial charge in [0.1, 0.15) is 12.4 Å². The number of rotatable bonds is 1. The van der Waals surface area contributed by atoms with Crippen molar-refractivity contribution in [2.75, 3.05) is 13.1 Å². The van der Waals surface area contributed by atoms with E-state index in [0.29, 0.717) is 38.2 Å². The number of nitrogens with one attached hydrogen (secondary N) is 2. The van der Waals surface area contributed by atoms with Crippen LogP contribution in [0.2, 0.25) is 0 Å². The second-order valence-electron chi connectivity index (χ2n) is 8.92. The predicted octanol–water partition coefficient (Wildman–Crippen LogP) is 1.36. The molecule has 0 atom stereocenters. The zero-order chi connectivity index (χ0) is 20.6. The molecule has 0 saturated carbocycles. The van der Waals surface area contributed by atoms with Gasteiger partial charge in [-0.05, 0) is 45.7 Å². The third kappa shape index (κ3) is 4.23. The van der Waals surface area contributed by atoms with Crippen molar-refractivity contribution in [3.8, 4) is 11.4 Å². The molecule has 29 heavy (non-hydrogen) atoms. The summed E-state index contributed by atoms with van der Waals surface area (Å²) in [4.78, 5) is 35.7. The topological polar surface area (TPSA) is 105 Å². The summed E-state index contributed by atoms with van der Waals surface area (Å²) in [5.41, 5.74) is 0.154. The van der Waals surface area contributed by atoms with E-state index in [4.69, 9.17) is 4.98 Å². The monoisotopic (exact) mass is 397 g/mol. The van der Waals surface area contributed by atoms with Crippen molar-refractivity contribution in [3.05, 3.63) is 30.4 Å². The third-order valence-corrected chi connectivity index (χ3v) is 5.35. The quantitative estimate of drug-likeness (QED) is 0.756. The van der Waals surface area contributed by atoms with Crippen LogP contribution in [0.1, 0.15) is 39.4 Å². The molecule has 9 nitrogen and oxygen atoms in total. The van der Waals surface area contributed by atoms with Gasteiger partial charge in [-0.2, -0.15) is 5.10 Å². The van der Waals surface area contributed by atoms with Gasteiger partial charge in [0.15, 0.2) is 5.82 Å². The van der Waals surface area contributed by atoms with Gasteiger partial charge in [0.2, 0.25) is 5.91 Å². The number of carbonyl (C=O) groups excluding carboxylic acids is 2. The Hall–Kier alpha value is -2.97. The molecule has 0 unspecified atom stereocenters. The maximum atomic E-state index is 12.6. The van der Waals surface area contributed by atoms with Gasteiger partial charge in [0.25, 0.3) is 0 Å². The molecule has 2 aromatic heterocycles. The summed E-state index contributed by atoms with van der Waals surface area (Å²) in [6.45, 7) is 7.23. The molecule has 0 aliphatic carbocycles. The highest BCUT2D eigenvalue weighted by Gasteiger charge is 2.41. The number of aromatic nitrogens is 4. The van der Waals surface area contributed by atoms with Gasteiger partial charge >= 0.3 is 6.03 Å². The molecule has 1 fully saturated rings. The summed E-state index contributed by atoms with van der Waals surface area (Å²) in [6.07, 6.45) is 5.39. The molecule has 2 aromatic rings. The molecule has 2 aliphatic heterocycles. The third-order valence-electron chi connectivity index (χ3n) is 5.35. The highest BCUT2D eigenvalue weighted by molar-refractivity contribution is 5.78. The molecule has 4 heterocycles. The van der Waals surface area contributed by atoms with E-state index in [1.807, 2.05) is 37.8 Å². The van der Waals surface area contributed by atoms with E-state index < -0.39 is 5.54 Å². The number of fused-ring (bicyclic) bond motifs is 1. The Bertz CT molecular complexity index is 909. The van der Waals surface area contributed by atoms with E-state index in [2.05, 4.69) is 20.7 Å². The van der Waals surface area contributed by atoms with Crippen LogP contribution in [0.5, 0.6) is 0 Å². The van der Waals surface area contributed by atoms with Crippen LogP contribution in [0.15, 0.2) is 24.5 Å². The summed E-state index contributed by atoms with van der Waals surface area (Å²) in [6, 6.07) is 3.69. The number of hydrogen-bond acceptors (Lipinski definition) is 5. The average molecular weight is 397 g/mol. The van der Waals surface area contributed by atoms with Crippen molar-refractivity contribution < 1.29 is 9.59 Å². The van der Waals surface area contributed by atoms with Crippen LogP contribution in [0, 0.1) is 0 Å². The average Bonchev–Trinajstić information content (AvgIpc) is 2.98. The highest BCUT2D eigenvalue weighted by Crippen LogP contribution is 2.29. The molecule has 3 amide bonds. The zero-order valence-corrected chi connectivity index (χ0v) is 17.1. The Kier molecular flexibility index (Phi) is 4.76. The van der Waals surface area contributed by atoms with Crippen LogP contribution >= 0.6 is 0 Å². The molecular formula is C20H27N7O2. The fourth-order valence-electron chi connectivity index (χ4n) is 3.91. The lowest BCUT2D eigenvalue weighted by Gasteiger charge is -2.42. The molecule has 9 heteroatoms. The number of piperidine rings is 1. The number of pyridine rings is 1. The van der Waals surface area contributed by atoms with Crippen molar-refractivity contribution in [2.24, 2.45) is 0 Å². The first-order valence-electron chi connectivity index (χ1n) is 9.95. The van der Waals surface area contributed by atoms with E-state index in [9.17, 15) is 9.59 Å². The van der Waals surface area contributed by atoms with Gasteiger partial charge in [0, 0.05) is 43.0 Å². The molecule has 0 radical (unpaired) electrons. The van der Waals surface area contributed by atoms with Gasteiger partial charge in [-0.25, -0.2) is 14.5 Å². The van der Waals surface area contributed by atoms with E-state index >= 15 is 0 Å². The van der Waals surface area contributed by atoms with Gasteiger partial charge in [-0.15, -0.1) is 0 Å². The fraction of sp³-hybridized carbons (Fsp3) is 0.550. The van der Waals surface area contributed by atoms with Crippen LogP contribution in [0.25, 0.3) is 11.4 Å². The van der Waals surface area contributed by atoms with Gasteiger partial charge in [0.05, 0.1) is 5.54 Å². The standard InChI is InChI=1S/C20H27N7O2/c1-19(2,3)24-18(29)26-9-6-20(7-10-26)11-15-22-17(14-5-4-8-21-12-14)25-27(15)13-16(28)23-20/h4-5,8,12H,6-7,9-11,13H2,1-3H3,(H,23,28)(H,24,29). The normalized spacial score (nSPS) is 18.7. The van der Waals surface area contributed by atoms with Crippen LogP contribution in [-0.4, -0.2) is 60.8 Å². The van der Waals surface area contributed by atoms with Crippen molar-refractivity contribution >= 4 is 11.9 Å². The maximum Gasteiger partial charge on any atom is 0.317 e. The lowest BCUT2D eigenvalue weighted by Crippen LogP contribution is -2.59. The summed E-state index contributed by atoms with van der Waals surface area (Å²) in [5.74, 6) is 1.30. The van der Waals surface area contributed by atoms with Crippen molar-refractivity contribution in [1.82, 2.24) is 35.3 Å². The van der Waals surface area contributed by atoms with Crippen molar-refractivity contribution in [3.63, 3.8) is 0 Å². The Labute approximate surface area is 169 Å². The Morgan fingerprint density at radius 2 is 2.03 bits per heavy atom. The SMILES string of the molecule is CC(C)(C)NC(=O)N1CCC2(CC1)Cc1nc(-c3cccnc3)nn1CC(=O)N2. The van der Waals surface area contributed by atoms with E-state index in [-0.39, 0.29) is 24.0 Å². The molecule has 1 saturated heterocycles. The largest absolute Gasteiger partial charge is 0.348 e. The van der Waals surface area contributed by atoms with Crippen molar-refractivity contribution in [1.29, 1.82) is 0 Å². The van der Waals surface area contributed by atoms with Gasteiger partial charge in [-0.1, -0.05) is 0 Å². The van der Waals surface area contributed by atoms with E-state index in [1.54, 1.807) is 17.1 Å². The lowest BCUT2D eigenvalue weighted by atomic mass is 9.84. The molecule has 2 aliphatic rings. The summed E-state index contributed by atoms with van der Waals surface area (Å²) >= 11 is 0. The van der Waals surface area contributed by atoms with Crippen LogP contribution in [0.4, 0.5) is 4.79 Å².